The lowest BCUT2D eigenvalue weighted by molar-refractivity contribution is -0.615. The first-order chi connectivity index (χ1) is 65.9. The van der Waals surface area contributed by atoms with Gasteiger partial charge in [-0.25, -0.2) is 70.5 Å². The Bertz CT molecular complexity index is 5920. The zero-order valence-electron chi connectivity index (χ0n) is 76.4. The van der Waals surface area contributed by atoms with Crippen molar-refractivity contribution in [3.05, 3.63) is 316 Å². The Morgan fingerprint density at radius 2 is 0.662 bits per heavy atom. The van der Waals surface area contributed by atoms with Gasteiger partial charge in [0.25, 0.3) is 35.4 Å². The molecule has 9 aromatic rings. The molecule has 714 valence electrons. The molecular formula is C105H118F4N14O13. The second-order valence-corrected chi connectivity index (χ2v) is 40.4. The number of carbonyl (C=O) groups is 6. The minimum Gasteiger partial charge on any atom is -0.381 e. The van der Waals surface area contributed by atoms with Gasteiger partial charge >= 0.3 is 0 Å². The first-order valence-corrected chi connectivity index (χ1v) is 47.5. The molecule has 0 spiro atoms. The summed E-state index contributed by atoms with van der Waals surface area (Å²) in [5.74, 6) is 5.91. The predicted octanol–water partition coefficient (Wildman–Crippen LogP) is 13.0. The van der Waals surface area contributed by atoms with E-state index in [0.717, 1.165) is 215 Å². The molecule has 0 atom stereocenters. The summed E-state index contributed by atoms with van der Waals surface area (Å²) in [7, 11) is 4.12. The van der Waals surface area contributed by atoms with E-state index in [9.17, 15) is 46.3 Å². The molecule has 4 bridgehead atoms. The molecule has 0 radical (unpaired) electrons. The van der Waals surface area contributed by atoms with Crippen LogP contribution in [0.3, 0.4) is 0 Å². The third-order valence-corrected chi connectivity index (χ3v) is 32.3. The van der Waals surface area contributed by atoms with E-state index < -0.39 is 35.4 Å². The molecule has 7 heterocycles. The van der Waals surface area contributed by atoms with Crippen molar-refractivity contribution in [2.24, 2.45) is 75.9 Å². The molecule has 10 saturated carbocycles. The van der Waals surface area contributed by atoms with Crippen LogP contribution in [0.15, 0.2) is 176 Å². The number of rotatable bonds is 18. The number of hydroxylamine groups is 6. The fourth-order valence-electron chi connectivity index (χ4n) is 26.6. The summed E-state index contributed by atoms with van der Waals surface area (Å²) in [6.07, 6.45) is 11.2. The van der Waals surface area contributed by atoms with Gasteiger partial charge in [0.2, 0.25) is 0 Å². The maximum atomic E-state index is 14.4. The SMILES string of the molecule is CN1Cc2cc(C(=O)NO)ccc2CN1Cc1ccccc1.CN1Cc2ccc(C(=O)NO)cc2CN1Cc1ccccc1.O=C(NO)c1cc(F)c2c(c1)CN(CC13C4C5C6C4C1C6C53)CC2.O=C(NO)c1cc(F)c2c(c1)CN(CC13CC4CC(CC(C4)C1)C3)CC2.O=C(NO)c1cc(F)c2c(c1)CN(CC1COC1)CC2.O=C(NO)c1cc(F)c2c(c1)CN(Cc1ccccc1)CC2. The van der Waals surface area contributed by atoms with Crippen LogP contribution in [0.25, 0.3) is 0 Å². The van der Waals surface area contributed by atoms with Gasteiger partial charge in [-0.3, -0.25) is 79.6 Å². The Balaban J connectivity index is 0.000000105. The van der Waals surface area contributed by atoms with E-state index >= 15 is 0 Å². The second-order valence-electron chi connectivity index (χ2n) is 40.4. The average Bonchev–Trinajstić information content (AvgIpc) is 0.559. The summed E-state index contributed by atoms with van der Waals surface area (Å²) >= 11 is 0. The molecule has 31 heteroatoms. The van der Waals surface area contributed by atoms with Crippen molar-refractivity contribution in [2.75, 3.05) is 73.1 Å². The third-order valence-electron chi connectivity index (χ3n) is 32.3. The molecule has 9 aromatic carbocycles. The van der Waals surface area contributed by atoms with E-state index in [1.165, 1.54) is 97.2 Å². The molecule has 136 heavy (non-hydrogen) atoms. The monoisotopic (exact) mass is 1860 g/mol. The number of hydrogen-bond acceptors (Lipinski definition) is 21. The van der Waals surface area contributed by atoms with Gasteiger partial charge in [0.1, 0.15) is 23.3 Å². The van der Waals surface area contributed by atoms with Crippen molar-refractivity contribution in [2.45, 2.75) is 136 Å². The highest BCUT2D eigenvalue weighted by Gasteiger charge is 3.03. The van der Waals surface area contributed by atoms with E-state index in [2.05, 4.69) is 83.1 Å². The largest absolute Gasteiger partial charge is 0.381 e. The smallest absolute Gasteiger partial charge is 0.274 e. The van der Waals surface area contributed by atoms with Crippen LogP contribution in [0.4, 0.5) is 17.6 Å². The number of nitrogens with zero attached hydrogens (tertiary/aromatic N) is 8. The Morgan fingerprint density at radius 3 is 1.04 bits per heavy atom. The van der Waals surface area contributed by atoms with Crippen LogP contribution in [0, 0.1) is 99.2 Å². The van der Waals surface area contributed by atoms with Crippen molar-refractivity contribution >= 4 is 35.4 Å². The van der Waals surface area contributed by atoms with E-state index in [1.54, 1.807) is 69.3 Å². The molecule has 27 nitrogen and oxygen atoms in total. The van der Waals surface area contributed by atoms with Crippen molar-refractivity contribution in [1.29, 1.82) is 0 Å². The van der Waals surface area contributed by atoms with Crippen LogP contribution >= 0.6 is 0 Å². The summed E-state index contributed by atoms with van der Waals surface area (Å²) in [5, 5.41) is 61.4. The summed E-state index contributed by atoms with van der Waals surface area (Å²) in [5.41, 5.74) is 27.1. The Morgan fingerprint density at radius 1 is 0.346 bits per heavy atom. The van der Waals surface area contributed by atoms with Crippen LogP contribution in [-0.4, -0.2) is 179 Å². The Hall–Kier alpha value is -11.1. The van der Waals surface area contributed by atoms with Crippen LogP contribution < -0.4 is 32.9 Å². The average molecular weight is 1860 g/mol. The number of benzene rings is 9. The molecule has 11 fully saturated rings. The molecule has 26 rings (SSSR count). The lowest BCUT2D eigenvalue weighted by Gasteiger charge is -3.08. The van der Waals surface area contributed by atoms with Gasteiger partial charge < -0.3 is 4.74 Å². The highest BCUT2D eigenvalue weighted by molar-refractivity contribution is 5.96. The Labute approximate surface area is 787 Å². The van der Waals surface area contributed by atoms with E-state index in [-0.39, 0.29) is 45.5 Å². The van der Waals surface area contributed by atoms with Crippen LogP contribution in [0.5, 0.6) is 0 Å². The van der Waals surface area contributed by atoms with E-state index in [4.69, 9.17) is 36.0 Å². The normalized spacial score (nSPS) is 25.8. The topological polar surface area (TPSA) is 331 Å². The second kappa shape index (κ2) is 39.8. The fourth-order valence-corrected chi connectivity index (χ4v) is 26.6. The predicted molar refractivity (Wildman–Crippen MR) is 491 cm³/mol. The molecule has 10 aliphatic carbocycles. The van der Waals surface area contributed by atoms with Gasteiger partial charge in [0.15, 0.2) is 0 Å². The molecule has 0 unspecified atom stereocenters. The molecule has 6 amide bonds. The summed E-state index contributed by atoms with van der Waals surface area (Å²) in [6, 6.07) is 53.5. The zero-order valence-corrected chi connectivity index (χ0v) is 76.4. The molecular weight excluding hydrogens is 1740 g/mol. The van der Waals surface area contributed by atoms with Gasteiger partial charge in [-0.1, -0.05) is 103 Å². The zero-order chi connectivity index (χ0) is 94.5. The third kappa shape index (κ3) is 18.8. The minimum atomic E-state index is -0.693. The van der Waals surface area contributed by atoms with Crippen molar-refractivity contribution in [3.8, 4) is 0 Å². The molecule has 7 aliphatic heterocycles. The lowest BCUT2D eigenvalue weighted by Crippen LogP contribution is -3.06. The number of hydrogen-bond donors (Lipinski definition) is 12. The standard InChI is InChI=1S/C21H27FN2O2.C19H19FN2O2.C17H17FN2O2.2C17H19N3O2.C14H17FN2O3/c22-19-7-16(20(25)23-26)6-17-11-24(2-1-18(17)19)12-21-8-13-3-14(9-21)5-15(4-13)10-21;20-10-4-7(18(23)21-24)3-8-5-22(2-1-9(8)10)6-19-15-12-11-13(15)17(19)14(11)16(12)19;18-16-9-13(17(21)19-22)8-14-11-20(7-6-15(14)16)10-12-4-2-1-3-5-12;1-19-11-16-9-14(17(21)18-22)7-8-15(16)12-20(19)10-13-5-3-2-4-6-13;1-19-11-15-8-7-14(17(21)18-22)9-16(15)12-20(19)10-13-5-3-2-4-6-13;15-13-4-10(14(18)16-19)3-11-6-17(2-1-12(11)13)5-9-7-20-8-9/h6-7,13-15,26H,1-5,8-12H2,(H,23,25);3-4,11-17,24H,1-2,5-6H2,(H,21,23);1-5,8-9,22H,6-7,10-11H2,(H,19,21);2*2-9,22H,10-12H2,1H3,(H,18,21);3-4,9,19H,1-2,5-8H2,(H,16,18). The van der Waals surface area contributed by atoms with Crippen molar-refractivity contribution < 1.29 is 82.3 Å². The van der Waals surface area contributed by atoms with Crippen LogP contribution in [0.1, 0.15) is 184 Å². The number of amides is 6. The summed E-state index contributed by atoms with van der Waals surface area (Å²) in [6.45, 7) is 16.5. The first-order valence-electron chi connectivity index (χ1n) is 47.5. The van der Waals surface area contributed by atoms with E-state index in [1.807, 2.05) is 85.9 Å². The van der Waals surface area contributed by atoms with Crippen molar-refractivity contribution in [1.82, 2.24) is 72.5 Å². The van der Waals surface area contributed by atoms with Gasteiger partial charge in [0, 0.05) is 171 Å². The number of carbonyl (C=O) groups excluding carboxylic acids is 6. The summed E-state index contributed by atoms with van der Waals surface area (Å²) in [4.78, 5) is 78.7. The van der Waals surface area contributed by atoms with Crippen molar-refractivity contribution in [3.63, 3.8) is 0 Å². The van der Waals surface area contributed by atoms with Gasteiger partial charge in [-0.2, -0.15) is 0 Å². The first kappa shape index (κ1) is 93.9. The molecule has 17 aliphatic rings. The number of nitrogens with one attached hydrogen (secondary N) is 6. The minimum absolute atomic E-state index is 0.139. The number of ether oxygens (including phenoxy) is 1. The molecule has 12 N–H and O–H groups in total. The van der Waals surface area contributed by atoms with Crippen LogP contribution in [0.2, 0.25) is 0 Å². The highest BCUT2D eigenvalue weighted by atomic mass is 19.1. The number of halogens is 4. The van der Waals surface area contributed by atoms with Gasteiger partial charge in [0.05, 0.1) is 13.2 Å². The lowest BCUT2D eigenvalue weighted by atomic mass is 8.96. The number of hydrazine groups is 2. The van der Waals surface area contributed by atoms with Gasteiger partial charge in [-0.15, -0.1) is 0 Å². The van der Waals surface area contributed by atoms with E-state index in [0.29, 0.717) is 77.9 Å². The fraction of sp³-hybridized carbons (Fsp3) is 0.429. The maximum absolute atomic E-state index is 14.4. The quantitative estimate of drug-likeness (QED) is 0.0216. The summed E-state index contributed by atoms with van der Waals surface area (Å²) < 4.78 is 61.9. The Kier molecular flexibility index (Phi) is 27.5. The van der Waals surface area contributed by atoms with Crippen LogP contribution in [-0.2, 0) is 102 Å². The number of fused-ring (bicyclic) bond motifs is 6. The molecule has 0 aromatic heterocycles. The van der Waals surface area contributed by atoms with Gasteiger partial charge in [-0.05, 0) is 290 Å². The molecule has 1 saturated heterocycles. The maximum Gasteiger partial charge on any atom is 0.274 e. The highest BCUT2D eigenvalue weighted by Crippen LogP contribution is 3.06.